The Bertz CT molecular complexity index is 1310. The van der Waals surface area contributed by atoms with Gasteiger partial charge >= 0.3 is 12.1 Å². The Morgan fingerprint density at radius 2 is 1.69 bits per heavy atom. The second-order valence-electron chi connectivity index (χ2n) is 8.39. The quantitative estimate of drug-likeness (QED) is 0.351. The van der Waals surface area contributed by atoms with Crippen LogP contribution in [0.1, 0.15) is 58.1 Å². The molecular weight excluding hydrogens is 499 g/mol. The summed E-state index contributed by atoms with van der Waals surface area (Å²) in [6.45, 7) is 0. The van der Waals surface area contributed by atoms with Gasteiger partial charge in [-0.15, -0.1) is 11.3 Å². The minimum atomic E-state index is -4.68. The average Bonchev–Trinajstić information content (AvgIpc) is 3.31. The highest BCUT2D eigenvalue weighted by molar-refractivity contribution is 7.92. The molecule has 0 atom stereocenters. The van der Waals surface area contributed by atoms with Gasteiger partial charge in [0.2, 0.25) is 0 Å². The fraction of sp³-hybridized carbons (Fsp3) is 0.320. The largest absolute Gasteiger partial charge is 0.465 e. The summed E-state index contributed by atoms with van der Waals surface area (Å²) in [6.07, 6.45) is 0.715. The predicted octanol–water partition coefficient (Wildman–Crippen LogP) is 7.07. The summed E-state index contributed by atoms with van der Waals surface area (Å²) in [5.41, 5.74) is 1.41. The van der Waals surface area contributed by atoms with Crippen molar-refractivity contribution in [1.82, 2.24) is 0 Å². The van der Waals surface area contributed by atoms with Crippen LogP contribution in [0.25, 0.3) is 11.1 Å². The number of ether oxygens (including phenoxy) is 1. The van der Waals surface area contributed by atoms with Gasteiger partial charge in [0.1, 0.15) is 9.75 Å². The van der Waals surface area contributed by atoms with Crippen LogP contribution in [0.15, 0.2) is 59.5 Å². The number of benzene rings is 2. The Morgan fingerprint density at radius 1 is 1.03 bits per heavy atom. The lowest BCUT2D eigenvalue weighted by Gasteiger charge is -2.24. The van der Waals surface area contributed by atoms with Crippen molar-refractivity contribution in [3.8, 4) is 11.1 Å². The fourth-order valence-electron chi connectivity index (χ4n) is 4.39. The van der Waals surface area contributed by atoms with Crippen LogP contribution in [0.3, 0.4) is 0 Å². The molecule has 35 heavy (non-hydrogen) atoms. The van der Waals surface area contributed by atoms with E-state index in [0.29, 0.717) is 17.0 Å². The van der Waals surface area contributed by atoms with E-state index in [1.807, 2.05) is 12.1 Å². The summed E-state index contributed by atoms with van der Waals surface area (Å²) in [6, 6.07) is 13.6. The smallest absolute Gasteiger partial charge is 0.426 e. The molecular formula is C25H24F3NO4S2. The van der Waals surface area contributed by atoms with Gasteiger partial charge in [-0.25, -0.2) is 13.2 Å². The number of sulfonamides is 1. The molecule has 0 radical (unpaired) electrons. The van der Waals surface area contributed by atoms with Crippen LogP contribution in [0.2, 0.25) is 0 Å². The number of anilines is 1. The number of para-hydroxylation sites is 1. The van der Waals surface area contributed by atoms with E-state index in [1.165, 1.54) is 30.7 Å². The number of thiophene rings is 1. The summed E-state index contributed by atoms with van der Waals surface area (Å²) < 4.78 is 74.1. The lowest BCUT2D eigenvalue weighted by Crippen LogP contribution is -2.16. The summed E-state index contributed by atoms with van der Waals surface area (Å²) in [5.74, 6) is -0.583. The fourth-order valence-corrected chi connectivity index (χ4v) is 6.45. The van der Waals surface area contributed by atoms with Crippen molar-refractivity contribution in [3.05, 3.63) is 69.9 Å². The number of carbonyl (C=O) groups is 1. The monoisotopic (exact) mass is 523 g/mol. The molecule has 0 amide bonds. The molecule has 0 unspecified atom stereocenters. The average molecular weight is 524 g/mol. The van der Waals surface area contributed by atoms with Crippen LogP contribution in [0.4, 0.5) is 18.9 Å². The molecule has 10 heteroatoms. The molecule has 2 aromatic carbocycles. The summed E-state index contributed by atoms with van der Waals surface area (Å²) in [5, 5.41) is 0. The van der Waals surface area contributed by atoms with E-state index < -0.39 is 27.0 Å². The maximum Gasteiger partial charge on any atom is 0.426 e. The third kappa shape index (κ3) is 5.54. The van der Waals surface area contributed by atoms with E-state index in [1.54, 1.807) is 12.1 Å². The number of hydrogen-bond acceptors (Lipinski definition) is 5. The van der Waals surface area contributed by atoms with Crippen LogP contribution < -0.4 is 4.72 Å². The van der Waals surface area contributed by atoms with E-state index >= 15 is 0 Å². The Morgan fingerprint density at radius 3 is 2.31 bits per heavy atom. The number of nitrogens with one attached hydrogen (secondary N) is 1. The molecule has 0 bridgehead atoms. The highest BCUT2D eigenvalue weighted by Crippen LogP contribution is 2.43. The third-order valence-corrected chi connectivity index (χ3v) is 8.64. The number of esters is 1. The van der Waals surface area contributed by atoms with Crippen molar-refractivity contribution in [1.29, 1.82) is 0 Å². The number of rotatable bonds is 6. The maximum atomic E-state index is 13.6. The lowest BCUT2D eigenvalue weighted by molar-refractivity contribution is -0.133. The van der Waals surface area contributed by atoms with E-state index in [-0.39, 0.29) is 26.8 Å². The standard InChI is InChI=1S/C25H24F3NO4S2/c1-33-24(30)22-15-20(23(34-22)25(26,27)28)17-11-13-18(14-12-17)35(31,32)29-21-10-6-5-9-19(21)16-7-3-2-4-8-16/h5-6,9-16,29H,2-4,7-8H2,1H3. The van der Waals surface area contributed by atoms with E-state index in [9.17, 15) is 26.4 Å². The van der Waals surface area contributed by atoms with Crippen molar-refractivity contribution in [3.63, 3.8) is 0 Å². The molecule has 1 saturated carbocycles. The van der Waals surface area contributed by atoms with Crippen LogP contribution in [-0.4, -0.2) is 21.5 Å². The van der Waals surface area contributed by atoms with Crippen molar-refractivity contribution in [2.75, 3.05) is 11.8 Å². The zero-order valence-electron chi connectivity index (χ0n) is 18.9. The Hall–Kier alpha value is -2.85. The molecule has 1 aromatic heterocycles. The highest BCUT2D eigenvalue weighted by Gasteiger charge is 2.37. The summed E-state index contributed by atoms with van der Waals surface area (Å²) >= 11 is 0.290. The van der Waals surface area contributed by atoms with E-state index in [2.05, 4.69) is 9.46 Å². The molecule has 186 valence electrons. The van der Waals surface area contributed by atoms with Gasteiger partial charge in [-0.1, -0.05) is 49.6 Å². The van der Waals surface area contributed by atoms with Gasteiger partial charge in [-0.05, 0) is 54.2 Å². The Labute approximate surface area is 206 Å². The zero-order chi connectivity index (χ0) is 25.2. The first-order valence-electron chi connectivity index (χ1n) is 11.1. The van der Waals surface area contributed by atoms with Gasteiger partial charge in [0.25, 0.3) is 10.0 Å². The molecule has 3 aromatic rings. The molecule has 1 heterocycles. The number of halogens is 3. The van der Waals surface area contributed by atoms with Crippen molar-refractivity contribution in [2.24, 2.45) is 0 Å². The molecule has 0 saturated heterocycles. The molecule has 1 aliphatic carbocycles. The number of methoxy groups -OCH3 is 1. The zero-order valence-corrected chi connectivity index (χ0v) is 20.5. The highest BCUT2D eigenvalue weighted by atomic mass is 32.2. The van der Waals surface area contributed by atoms with Gasteiger partial charge < -0.3 is 4.74 Å². The molecule has 4 rings (SSSR count). The van der Waals surface area contributed by atoms with Crippen molar-refractivity contribution in [2.45, 2.75) is 49.1 Å². The molecule has 0 aliphatic heterocycles. The van der Waals surface area contributed by atoms with Gasteiger partial charge in [-0.2, -0.15) is 13.2 Å². The van der Waals surface area contributed by atoms with Gasteiger partial charge in [0.15, 0.2) is 0 Å². The number of alkyl halides is 3. The van der Waals surface area contributed by atoms with Crippen LogP contribution >= 0.6 is 11.3 Å². The molecule has 1 fully saturated rings. The Kier molecular flexibility index (Phi) is 7.23. The van der Waals surface area contributed by atoms with Gasteiger partial charge in [-0.3, -0.25) is 4.72 Å². The Balaban J connectivity index is 1.63. The van der Waals surface area contributed by atoms with Crippen LogP contribution in [-0.2, 0) is 20.9 Å². The lowest BCUT2D eigenvalue weighted by atomic mass is 9.83. The summed E-state index contributed by atoms with van der Waals surface area (Å²) in [7, 11) is -2.88. The number of hydrogen-bond donors (Lipinski definition) is 1. The van der Waals surface area contributed by atoms with Crippen molar-refractivity contribution >= 4 is 33.0 Å². The molecule has 5 nitrogen and oxygen atoms in total. The minimum absolute atomic E-state index is 0.0725. The van der Waals surface area contributed by atoms with Crippen LogP contribution in [0.5, 0.6) is 0 Å². The normalized spacial score (nSPS) is 15.1. The number of carbonyl (C=O) groups excluding carboxylic acids is 1. The first-order chi connectivity index (χ1) is 16.6. The topological polar surface area (TPSA) is 72.5 Å². The molecule has 0 spiro atoms. The minimum Gasteiger partial charge on any atom is -0.465 e. The van der Waals surface area contributed by atoms with E-state index in [0.717, 1.165) is 44.4 Å². The first-order valence-corrected chi connectivity index (χ1v) is 13.4. The van der Waals surface area contributed by atoms with E-state index in [4.69, 9.17) is 0 Å². The second-order valence-corrected chi connectivity index (χ2v) is 11.1. The molecule has 1 N–H and O–H groups in total. The summed E-state index contributed by atoms with van der Waals surface area (Å²) in [4.78, 5) is 10.6. The van der Waals surface area contributed by atoms with Crippen LogP contribution in [0, 0.1) is 0 Å². The van der Waals surface area contributed by atoms with Crippen molar-refractivity contribution < 1.29 is 31.1 Å². The van der Waals surface area contributed by atoms with Gasteiger partial charge in [0, 0.05) is 5.56 Å². The maximum absolute atomic E-state index is 13.6. The SMILES string of the molecule is COC(=O)c1cc(-c2ccc(S(=O)(=O)Nc3ccccc3C3CCCCC3)cc2)c(C(F)(F)F)s1. The first kappa shape index (κ1) is 25.2. The third-order valence-electron chi connectivity index (χ3n) is 6.10. The molecule has 1 aliphatic rings. The van der Waals surface area contributed by atoms with Gasteiger partial charge in [0.05, 0.1) is 17.7 Å². The predicted molar refractivity (Wildman–Crippen MR) is 129 cm³/mol. The second kappa shape index (κ2) is 10.0.